The Bertz CT molecular complexity index is 73.5. The van der Waals surface area contributed by atoms with Gasteiger partial charge in [0.2, 0.25) is 0 Å². The first-order valence-electron chi connectivity index (χ1n) is 3.26. The van der Waals surface area contributed by atoms with Gasteiger partial charge in [0.05, 0.1) is 31.8 Å². The Balaban J connectivity index is -0.000000218. The topological polar surface area (TPSA) is 115 Å². The normalized spacial score (nSPS) is 8.92. The van der Waals surface area contributed by atoms with Gasteiger partial charge in [-0.25, -0.2) is 0 Å². The molecule has 6 heteroatoms. The molecule has 0 aliphatic heterocycles. The lowest BCUT2D eigenvalue weighted by Crippen LogP contribution is -2.37. The van der Waals surface area contributed by atoms with E-state index in [1.807, 2.05) is 13.6 Å². The smallest absolute Gasteiger partial charge is 0.106 e. The second-order valence-electron chi connectivity index (χ2n) is 2.13. The molecule has 0 atom stereocenters. The Morgan fingerprint density at radius 1 is 0.692 bits per heavy atom. The number of hydrogen-bond donors (Lipinski definition) is 4. The van der Waals surface area contributed by atoms with Crippen molar-refractivity contribution in [3.63, 3.8) is 0 Å². The molecule has 0 aromatic rings. The number of hydrogen-bond acceptors (Lipinski definition) is 6. The van der Waals surface area contributed by atoms with Crippen LogP contribution in [0, 0.1) is 5.41 Å². The standard InChI is InChI=1S/C5H12O4.2CH2O/c6-1-5(2-7,3-8)4-9;2*1-2/h6-9H,1-4H2;2*1H2. The van der Waals surface area contributed by atoms with Crippen molar-refractivity contribution in [3.8, 4) is 0 Å². The van der Waals surface area contributed by atoms with Crippen molar-refractivity contribution < 1.29 is 30.0 Å². The van der Waals surface area contributed by atoms with Crippen molar-refractivity contribution >= 4 is 13.6 Å². The van der Waals surface area contributed by atoms with Crippen LogP contribution in [0.25, 0.3) is 0 Å². The maximum Gasteiger partial charge on any atom is 0.106 e. The molecule has 80 valence electrons. The molecular weight excluding hydrogens is 180 g/mol. The zero-order valence-electron chi connectivity index (χ0n) is 7.35. The van der Waals surface area contributed by atoms with Gasteiger partial charge < -0.3 is 30.0 Å². The van der Waals surface area contributed by atoms with Gasteiger partial charge in [0.1, 0.15) is 13.6 Å². The lowest BCUT2D eigenvalue weighted by Gasteiger charge is -2.23. The van der Waals surface area contributed by atoms with Crippen LogP contribution >= 0.6 is 0 Å². The molecule has 0 aliphatic carbocycles. The number of carbonyl (C=O) groups excluding carboxylic acids is 2. The monoisotopic (exact) mass is 196 g/mol. The summed E-state index contributed by atoms with van der Waals surface area (Å²) in [6.45, 7) is 2.38. The fourth-order valence-corrected chi connectivity index (χ4v) is 0.300. The molecule has 0 aliphatic rings. The van der Waals surface area contributed by atoms with E-state index >= 15 is 0 Å². The Morgan fingerprint density at radius 2 is 0.846 bits per heavy atom. The summed E-state index contributed by atoms with van der Waals surface area (Å²) in [5, 5.41) is 34.0. The van der Waals surface area contributed by atoms with E-state index in [1.54, 1.807) is 0 Å². The van der Waals surface area contributed by atoms with Crippen LogP contribution in [0.1, 0.15) is 0 Å². The molecule has 0 bridgehead atoms. The molecule has 4 N–H and O–H groups in total. The van der Waals surface area contributed by atoms with Gasteiger partial charge in [0, 0.05) is 0 Å². The van der Waals surface area contributed by atoms with Crippen LogP contribution in [0.2, 0.25) is 0 Å². The Hall–Kier alpha value is -0.820. The first-order chi connectivity index (χ1) is 6.24. The highest BCUT2D eigenvalue weighted by Gasteiger charge is 2.26. The zero-order valence-corrected chi connectivity index (χ0v) is 7.35. The average molecular weight is 196 g/mol. The van der Waals surface area contributed by atoms with Gasteiger partial charge >= 0.3 is 0 Å². The average Bonchev–Trinajstić information content (AvgIpc) is 2.28. The molecule has 0 heterocycles. The minimum atomic E-state index is -1.11. The third kappa shape index (κ3) is 7.54. The summed E-state index contributed by atoms with van der Waals surface area (Å²) >= 11 is 0. The number of aliphatic hydroxyl groups excluding tert-OH is 4. The van der Waals surface area contributed by atoms with Gasteiger partial charge in [-0.1, -0.05) is 0 Å². The molecule has 0 unspecified atom stereocenters. The molecule has 0 aromatic carbocycles. The molecule has 0 fully saturated rings. The first-order valence-corrected chi connectivity index (χ1v) is 3.26. The second-order valence-corrected chi connectivity index (χ2v) is 2.13. The fraction of sp³-hybridized carbons (Fsp3) is 0.714. The third-order valence-electron chi connectivity index (χ3n) is 1.34. The van der Waals surface area contributed by atoms with E-state index in [2.05, 4.69) is 0 Å². The van der Waals surface area contributed by atoms with Gasteiger partial charge in [0.15, 0.2) is 0 Å². The summed E-state index contributed by atoms with van der Waals surface area (Å²) in [6, 6.07) is 0. The minimum Gasteiger partial charge on any atom is -0.396 e. The lowest BCUT2D eigenvalue weighted by molar-refractivity contribution is -0.0987. The van der Waals surface area contributed by atoms with Gasteiger partial charge in [0.25, 0.3) is 0 Å². The summed E-state index contributed by atoms with van der Waals surface area (Å²) in [5.41, 5.74) is -1.11. The van der Waals surface area contributed by atoms with Crippen molar-refractivity contribution in [3.05, 3.63) is 0 Å². The molecule has 0 rings (SSSR count). The van der Waals surface area contributed by atoms with Crippen LogP contribution in [0.3, 0.4) is 0 Å². The van der Waals surface area contributed by atoms with E-state index in [-0.39, 0.29) is 0 Å². The number of aliphatic hydroxyl groups is 4. The van der Waals surface area contributed by atoms with Gasteiger partial charge in [-0.05, 0) is 0 Å². The largest absolute Gasteiger partial charge is 0.396 e. The molecule has 0 saturated heterocycles. The molecule has 13 heavy (non-hydrogen) atoms. The number of rotatable bonds is 4. The van der Waals surface area contributed by atoms with Crippen molar-refractivity contribution in [2.24, 2.45) is 5.41 Å². The van der Waals surface area contributed by atoms with Crippen LogP contribution < -0.4 is 0 Å². The van der Waals surface area contributed by atoms with Gasteiger partial charge in [-0.2, -0.15) is 0 Å². The van der Waals surface area contributed by atoms with Crippen LogP contribution in [0.15, 0.2) is 0 Å². The van der Waals surface area contributed by atoms with Crippen LogP contribution in [0.5, 0.6) is 0 Å². The molecular formula is C7H16O6. The maximum absolute atomic E-state index is 8.50. The van der Waals surface area contributed by atoms with E-state index in [0.29, 0.717) is 0 Å². The Labute approximate surface area is 76.4 Å². The van der Waals surface area contributed by atoms with Gasteiger partial charge in [-0.3, -0.25) is 0 Å². The van der Waals surface area contributed by atoms with Crippen molar-refractivity contribution in [1.82, 2.24) is 0 Å². The Kier molecular flexibility index (Phi) is 19.1. The summed E-state index contributed by atoms with van der Waals surface area (Å²) < 4.78 is 0. The molecule has 0 aromatic heterocycles. The van der Waals surface area contributed by atoms with Crippen LogP contribution in [-0.4, -0.2) is 60.4 Å². The molecule has 0 radical (unpaired) electrons. The van der Waals surface area contributed by atoms with Crippen LogP contribution in [0.4, 0.5) is 0 Å². The second kappa shape index (κ2) is 13.7. The molecule has 6 nitrogen and oxygen atoms in total. The lowest BCUT2D eigenvalue weighted by atomic mass is 9.93. The van der Waals surface area contributed by atoms with Crippen LogP contribution in [-0.2, 0) is 9.59 Å². The summed E-state index contributed by atoms with van der Waals surface area (Å²) in [7, 11) is 0. The van der Waals surface area contributed by atoms with Crippen molar-refractivity contribution in [2.75, 3.05) is 26.4 Å². The summed E-state index contributed by atoms with van der Waals surface area (Å²) in [5.74, 6) is 0. The molecule has 0 amide bonds. The Morgan fingerprint density at radius 3 is 0.846 bits per heavy atom. The molecule has 0 saturated carbocycles. The highest BCUT2D eigenvalue weighted by Crippen LogP contribution is 2.11. The van der Waals surface area contributed by atoms with E-state index in [1.165, 1.54) is 0 Å². The highest BCUT2D eigenvalue weighted by atomic mass is 16.3. The summed E-state index contributed by atoms with van der Waals surface area (Å²) in [6.07, 6.45) is 0. The highest BCUT2D eigenvalue weighted by molar-refractivity contribution is 5.11. The predicted octanol–water partition coefficient (Wildman–Crippen LogP) is -2.43. The minimum absolute atomic E-state index is 0.406. The molecule has 0 spiro atoms. The van der Waals surface area contributed by atoms with Crippen molar-refractivity contribution in [1.29, 1.82) is 0 Å². The quantitative estimate of drug-likeness (QED) is 0.397. The zero-order chi connectivity index (χ0) is 11.3. The van der Waals surface area contributed by atoms with E-state index < -0.39 is 31.8 Å². The first kappa shape index (κ1) is 18.1. The summed E-state index contributed by atoms with van der Waals surface area (Å²) in [4.78, 5) is 16.0. The van der Waals surface area contributed by atoms with Gasteiger partial charge in [-0.15, -0.1) is 0 Å². The maximum atomic E-state index is 8.50. The van der Waals surface area contributed by atoms with E-state index in [4.69, 9.17) is 30.0 Å². The predicted molar refractivity (Wildman–Crippen MR) is 45.0 cm³/mol. The van der Waals surface area contributed by atoms with E-state index in [9.17, 15) is 0 Å². The number of carbonyl (C=O) groups is 2. The van der Waals surface area contributed by atoms with Crippen molar-refractivity contribution in [2.45, 2.75) is 0 Å². The third-order valence-corrected chi connectivity index (χ3v) is 1.34. The fourth-order valence-electron chi connectivity index (χ4n) is 0.300. The SMILES string of the molecule is C=O.C=O.OCC(CO)(CO)CO. The van der Waals surface area contributed by atoms with E-state index in [0.717, 1.165) is 0 Å².